The van der Waals surface area contributed by atoms with E-state index >= 15 is 0 Å². The Morgan fingerprint density at radius 2 is 1.67 bits per heavy atom. The quantitative estimate of drug-likeness (QED) is 0.516. The van der Waals surface area contributed by atoms with Crippen molar-refractivity contribution in [3.8, 4) is 0 Å². The highest BCUT2D eigenvalue weighted by Gasteiger charge is 2.39. The minimum atomic E-state index is -0.571. The van der Waals surface area contributed by atoms with Gasteiger partial charge in [-0.2, -0.15) is 0 Å². The maximum absolute atomic E-state index is 11.8. The van der Waals surface area contributed by atoms with Gasteiger partial charge in [-0.15, -0.1) is 0 Å². The Balaban J connectivity index is 1.64. The summed E-state index contributed by atoms with van der Waals surface area (Å²) in [6.07, 6.45) is 6.68. The van der Waals surface area contributed by atoms with Crippen molar-refractivity contribution in [2.75, 3.05) is 13.2 Å². The second-order valence-electron chi connectivity index (χ2n) is 9.04. The van der Waals surface area contributed by atoms with Gasteiger partial charge in [-0.3, -0.25) is 0 Å². The number of carbonyl (C=O) groups excluding carboxylic acids is 2. The van der Waals surface area contributed by atoms with Gasteiger partial charge in [0.25, 0.3) is 0 Å². The molecule has 0 bridgehead atoms. The van der Waals surface area contributed by atoms with Crippen LogP contribution in [0.3, 0.4) is 0 Å². The minimum absolute atomic E-state index is 0.0379. The van der Waals surface area contributed by atoms with Crippen LogP contribution in [0.25, 0.3) is 0 Å². The fraction of sp³-hybridized carbons (Fsp3) is 0.905. The zero-order valence-corrected chi connectivity index (χ0v) is 17.3. The summed E-state index contributed by atoms with van der Waals surface area (Å²) in [7, 11) is 0. The average Bonchev–Trinajstić information content (AvgIpc) is 3.21. The van der Waals surface area contributed by atoms with Crippen molar-refractivity contribution in [2.24, 2.45) is 17.8 Å². The lowest BCUT2D eigenvalue weighted by atomic mass is 9.93. The molecule has 27 heavy (non-hydrogen) atoms. The van der Waals surface area contributed by atoms with Crippen molar-refractivity contribution in [2.45, 2.75) is 90.8 Å². The van der Waals surface area contributed by atoms with E-state index in [9.17, 15) is 9.59 Å². The first-order valence-corrected chi connectivity index (χ1v) is 10.4. The first-order chi connectivity index (χ1) is 12.8. The summed E-state index contributed by atoms with van der Waals surface area (Å²) in [5, 5.41) is 0. The van der Waals surface area contributed by atoms with E-state index in [4.69, 9.17) is 18.9 Å². The molecule has 0 aromatic rings. The first-order valence-electron chi connectivity index (χ1n) is 10.4. The first kappa shape index (κ1) is 21.8. The molecule has 0 N–H and O–H groups in total. The predicted octanol–water partition coefficient (Wildman–Crippen LogP) is 5.48. The maximum atomic E-state index is 11.8. The number of ether oxygens (including phenoxy) is 4. The molecule has 2 aliphatic carbocycles. The SMILES string of the molecule is CC(C)COC(=O)OC1(C)CCC(CC(C)COC(=O)OC2CCCC2)C1. The van der Waals surface area contributed by atoms with Crippen molar-refractivity contribution in [3.05, 3.63) is 0 Å². The van der Waals surface area contributed by atoms with Crippen molar-refractivity contribution in [3.63, 3.8) is 0 Å². The summed E-state index contributed by atoms with van der Waals surface area (Å²) in [5.41, 5.74) is -0.458. The molecule has 0 spiro atoms. The number of hydrogen-bond acceptors (Lipinski definition) is 6. The van der Waals surface area contributed by atoms with E-state index in [0.29, 0.717) is 25.0 Å². The van der Waals surface area contributed by atoms with Crippen LogP contribution in [0.1, 0.15) is 79.1 Å². The zero-order chi connectivity index (χ0) is 19.9. The van der Waals surface area contributed by atoms with E-state index in [1.54, 1.807) is 0 Å². The molecule has 2 rings (SSSR count). The van der Waals surface area contributed by atoms with Crippen molar-refractivity contribution >= 4 is 12.3 Å². The van der Waals surface area contributed by atoms with Crippen molar-refractivity contribution in [1.29, 1.82) is 0 Å². The summed E-state index contributed by atoms with van der Waals surface area (Å²) < 4.78 is 21.3. The standard InChI is InChI=1S/C21H36O6/c1-15(2)13-24-20(23)27-21(4)10-9-17(12-21)11-16(3)14-25-19(22)26-18-7-5-6-8-18/h15-18H,5-14H2,1-4H3. The van der Waals surface area contributed by atoms with E-state index in [1.807, 2.05) is 20.8 Å². The fourth-order valence-electron chi connectivity index (χ4n) is 4.11. The summed E-state index contributed by atoms with van der Waals surface area (Å²) >= 11 is 0. The predicted molar refractivity (Wildman–Crippen MR) is 101 cm³/mol. The average molecular weight is 385 g/mol. The highest BCUT2D eigenvalue weighted by molar-refractivity contribution is 5.60. The second-order valence-corrected chi connectivity index (χ2v) is 9.04. The van der Waals surface area contributed by atoms with E-state index < -0.39 is 17.9 Å². The third kappa shape index (κ3) is 7.97. The molecule has 6 nitrogen and oxygen atoms in total. The largest absolute Gasteiger partial charge is 0.508 e. The van der Waals surface area contributed by atoms with Crippen molar-refractivity contribution < 1.29 is 28.5 Å². The molecular weight excluding hydrogens is 348 g/mol. The van der Waals surface area contributed by atoms with Gasteiger partial charge in [-0.1, -0.05) is 20.8 Å². The van der Waals surface area contributed by atoms with Gasteiger partial charge in [0.2, 0.25) is 0 Å². The fourth-order valence-corrected chi connectivity index (χ4v) is 4.11. The van der Waals surface area contributed by atoms with Gasteiger partial charge in [-0.25, -0.2) is 9.59 Å². The van der Waals surface area contributed by atoms with E-state index in [-0.39, 0.29) is 12.0 Å². The molecule has 0 aromatic heterocycles. The molecule has 156 valence electrons. The molecule has 6 heteroatoms. The summed E-state index contributed by atoms with van der Waals surface area (Å²) in [5.74, 6) is 1.00. The number of rotatable bonds is 8. The van der Waals surface area contributed by atoms with Crippen molar-refractivity contribution in [1.82, 2.24) is 0 Å². The molecule has 3 atom stereocenters. The molecule has 2 saturated carbocycles. The molecular formula is C21H36O6. The Kier molecular flexibility index (Phi) is 8.24. The molecule has 0 heterocycles. The Morgan fingerprint density at radius 1 is 1.00 bits per heavy atom. The topological polar surface area (TPSA) is 71.1 Å². The Bertz CT molecular complexity index is 485. The summed E-state index contributed by atoms with van der Waals surface area (Å²) in [6, 6.07) is 0. The zero-order valence-electron chi connectivity index (χ0n) is 17.3. The third-order valence-electron chi connectivity index (χ3n) is 5.45. The normalized spacial score (nSPS) is 26.8. The van der Waals surface area contributed by atoms with Gasteiger partial charge in [-0.05, 0) is 76.0 Å². The summed E-state index contributed by atoms with van der Waals surface area (Å²) in [6.45, 7) is 8.79. The van der Waals surface area contributed by atoms with Gasteiger partial charge in [0.05, 0.1) is 13.2 Å². The number of carbonyl (C=O) groups is 2. The van der Waals surface area contributed by atoms with Crippen LogP contribution in [0.15, 0.2) is 0 Å². The van der Waals surface area contributed by atoms with Crippen LogP contribution in [-0.4, -0.2) is 37.2 Å². The molecule has 0 aliphatic heterocycles. The highest BCUT2D eigenvalue weighted by atomic mass is 16.7. The Morgan fingerprint density at radius 3 is 2.33 bits per heavy atom. The van der Waals surface area contributed by atoms with Crippen LogP contribution in [-0.2, 0) is 18.9 Å². The van der Waals surface area contributed by atoms with Crippen LogP contribution in [0, 0.1) is 17.8 Å². The molecule has 0 amide bonds. The third-order valence-corrected chi connectivity index (χ3v) is 5.45. The molecule has 2 aliphatic rings. The van der Waals surface area contributed by atoms with Gasteiger partial charge < -0.3 is 18.9 Å². The van der Waals surface area contributed by atoms with Crippen LogP contribution in [0.2, 0.25) is 0 Å². The lowest BCUT2D eigenvalue weighted by Crippen LogP contribution is -2.30. The lowest BCUT2D eigenvalue weighted by molar-refractivity contribution is -0.0285. The molecule has 0 radical (unpaired) electrons. The van der Waals surface area contributed by atoms with Gasteiger partial charge in [0, 0.05) is 0 Å². The molecule has 3 unspecified atom stereocenters. The monoisotopic (exact) mass is 384 g/mol. The molecule has 0 saturated heterocycles. The van der Waals surface area contributed by atoms with Gasteiger partial charge in [0.15, 0.2) is 0 Å². The van der Waals surface area contributed by atoms with Gasteiger partial charge in [0.1, 0.15) is 11.7 Å². The minimum Gasteiger partial charge on any atom is -0.434 e. The Labute approximate surface area is 163 Å². The van der Waals surface area contributed by atoms with E-state index in [0.717, 1.165) is 51.4 Å². The van der Waals surface area contributed by atoms with Crippen LogP contribution in [0.4, 0.5) is 9.59 Å². The highest BCUT2D eigenvalue weighted by Crippen LogP contribution is 2.40. The maximum Gasteiger partial charge on any atom is 0.508 e. The Hall–Kier alpha value is -1.46. The molecule has 2 fully saturated rings. The van der Waals surface area contributed by atoms with Crippen LogP contribution >= 0.6 is 0 Å². The smallest absolute Gasteiger partial charge is 0.434 e. The lowest BCUT2D eigenvalue weighted by Gasteiger charge is -2.25. The van der Waals surface area contributed by atoms with E-state index in [1.165, 1.54) is 0 Å². The number of hydrogen-bond donors (Lipinski definition) is 0. The second kappa shape index (κ2) is 10.2. The van der Waals surface area contributed by atoms with E-state index in [2.05, 4.69) is 6.92 Å². The summed E-state index contributed by atoms with van der Waals surface area (Å²) in [4.78, 5) is 23.6. The van der Waals surface area contributed by atoms with Gasteiger partial charge >= 0.3 is 12.3 Å². The van der Waals surface area contributed by atoms with Crippen LogP contribution < -0.4 is 0 Å². The molecule has 0 aromatic carbocycles. The van der Waals surface area contributed by atoms with Crippen LogP contribution in [0.5, 0.6) is 0 Å².